The van der Waals surface area contributed by atoms with E-state index in [2.05, 4.69) is 10.6 Å². The van der Waals surface area contributed by atoms with E-state index in [1.807, 2.05) is 0 Å². The van der Waals surface area contributed by atoms with E-state index in [1.54, 1.807) is 48.5 Å². The number of amides is 2. The number of carbonyl (C=O) groups excluding carboxylic acids is 3. The molecule has 2 aromatic carbocycles. The highest BCUT2D eigenvalue weighted by molar-refractivity contribution is 8.00. The molecule has 0 unspecified atom stereocenters. The Balaban J connectivity index is 1.84. The molecule has 0 aliphatic heterocycles. The number of ketones is 1. The van der Waals surface area contributed by atoms with Gasteiger partial charge in [-0.25, -0.2) is 4.79 Å². The second-order valence-corrected chi connectivity index (χ2v) is 7.17. The lowest BCUT2D eigenvalue weighted by molar-refractivity contribution is -0.132. The lowest BCUT2D eigenvalue weighted by atomic mass is 10.1. The van der Waals surface area contributed by atoms with Gasteiger partial charge in [0.25, 0.3) is 0 Å². The number of hydrogen-bond donors (Lipinski definition) is 3. The Labute approximate surface area is 172 Å². The Morgan fingerprint density at radius 1 is 0.897 bits per heavy atom. The maximum atomic E-state index is 12.1. The standard InChI is InChI=1S/C21H20N2O5S/c1-13(21(27)28)11-19(25)22-17-7-9-18(10-8-17)29-12-20(26)23-16-5-3-15(4-6-16)14(2)24/h3-11H,12H2,1-2H3,(H,22,25)(H,23,26)(H,27,28)/b13-11+. The van der Waals surface area contributed by atoms with E-state index < -0.39 is 11.9 Å². The Morgan fingerprint density at radius 3 is 2.00 bits per heavy atom. The van der Waals surface area contributed by atoms with Crippen LogP contribution >= 0.6 is 11.8 Å². The highest BCUT2D eigenvalue weighted by atomic mass is 32.2. The Hall–Kier alpha value is -3.39. The van der Waals surface area contributed by atoms with Crippen molar-refractivity contribution in [2.75, 3.05) is 16.4 Å². The summed E-state index contributed by atoms with van der Waals surface area (Å²) in [5.41, 5.74) is 1.65. The van der Waals surface area contributed by atoms with E-state index in [4.69, 9.17) is 5.11 Å². The van der Waals surface area contributed by atoms with Crippen molar-refractivity contribution >= 4 is 46.7 Å². The van der Waals surface area contributed by atoms with E-state index in [9.17, 15) is 19.2 Å². The van der Waals surface area contributed by atoms with Gasteiger partial charge in [-0.1, -0.05) is 0 Å². The van der Waals surface area contributed by atoms with Gasteiger partial charge >= 0.3 is 5.97 Å². The summed E-state index contributed by atoms with van der Waals surface area (Å²) < 4.78 is 0. The highest BCUT2D eigenvalue weighted by Gasteiger charge is 2.07. The van der Waals surface area contributed by atoms with Crippen LogP contribution in [0.5, 0.6) is 0 Å². The van der Waals surface area contributed by atoms with E-state index in [0.29, 0.717) is 16.9 Å². The second kappa shape index (κ2) is 10.2. The van der Waals surface area contributed by atoms with E-state index in [0.717, 1.165) is 11.0 Å². The van der Waals surface area contributed by atoms with Crippen molar-refractivity contribution < 1.29 is 24.3 Å². The third kappa shape index (κ3) is 7.27. The van der Waals surface area contributed by atoms with Gasteiger partial charge in [0.05, 0.1) is 5.75 Å². The van der Waals surface area contributed by atoms with Gasteiger partial charge in [0.2, 0.25) is 11.8 Å². The van der Waals surface area contributed by atoms with Crippen molar-refractivity contribution in [3.05, 3.63) is 65.7 Å². The molecule has 0 heterocycles. The van der Waals surface area contributed by atoms with Crippen molar-refractivity contribution in [2.45, 2.75) is 18.7 Å². The first-order chi connectivity index (χ1) is 13.7. The van der Waals surface area contributed by atoms with Gasteiger partial charge in [0.1, 0.15) is 0 Å². The molecular weight excluding hydrogens is 392 g/mol. The number of rotatable bonds is 8. The topological polar surface area (TPSA) is 113 Å². The van der Waals surface area contributed by atoms with Crippen LogP contribution in [0.4, 0.5) is 11.4 Å². The average Bonchev–Trinajstić information content (AvgIpc) is 2.67. The number of benzene rings is 2. The van der Waals surface area contributed by atoms with E-state index >= 15 is 0 Å². The summed E-state index contributed by atoms with van der Waals surface area (Å²) in [5.74, 6) is -1.70. The summed E-state index contributed by atoms with van der Waals surface area (Å²) in [4.78, 5) is 46.6. The van der Waals surface area contributed by atoms with Crippen LogP contribution in [0.15, 0.2) is 65.1 Å². The van der Waals surface area contributed by atoms with Crippen molar-refractivity contribution in [1.82, 2.24) is 0 Å². The van der Waals surface area contributed by atoms with Crippen LogP contribution < -0.4 is 10.6 Å². The van der Waals surface area contributed by atoms with Crippen LogP contribution in [0.3, 0.4) is 0 Å². The molecule has 0 radical (unpaired) electrons. The molecule has 0 saturated heterocycles. The van der Waals surface area contributed by atoms with Gasteiger partial charge in [-0.15, -0.1) is 11.8 Å². The Bertz CT molecular complexity index is 950. The molecule has 0 fully saturated rings. The summed E-state index contributed by atoms with van der Waals surface area (Å²) in [6.07, 6.45) is 1.01. The molecule has 0 aliphatic rings. The lowest BCUT2D eigenvalue weighted by Crippen LogP contribution is -2.14. The first kappa shape index (κ1) is 21.9. The molecule has 0 aromatic heterocycles. The summed E-state index contributed by atoms with van der Waals surface area (Å²) in [6, 6.07) is 13.5. The molecule has 7 nitrogen and oxygen atoms in total. The molecule has 0 spiro atoms. The predicted octanol–water partition coefficient (Wildman–Crippen LogP) is 3.59. The third-order valence-electron chi connectivity index (χ3n) is 3.75. The molecule has 0 atom stereocenters. The highest BCUT2D eigenvalue weighted by Crippen LogP contribution is 2.21. The van der Waals surface area contributed by atoms with Crippen LogP contribution in [-0.4, -0.2) is 34.4 Å². The van der Waals surface area contributed by atoms with Crippen molar-refractivity contribution in [3.63, 3.8) is 0 Å². The maximum absolute atomic E-state index is 12.1. The zero-order valence-electron chi connectivity index (χ0n) is 15.9. The van der Waals surface area contributed by atoms with Gasteiger partial charge in [-0.05, 0) is 62.4 Å². The fourth-order valence-corrected chi connectivity index (χ4v) is 2.90. The van der Waals surface area contributed by atoms with Crippen LogP contribution in [0.25, 0.3) is 0 Å². The smallest absolute Gasteiger partial charge is 0.331 e. The molecule has 2 amide bonds. The summed E-state index contributed by atoms with van der Waals surface area (Å²) >= 11 is 1.33. The van der Waals surface area contributed by atoms with Crippen LogP contribution in [0, 0.1) is 0 Å². The normalized spacial score (nSPS) is 10.9. The van der Waals surface area contributed by atoms with Crippen LogP contribution in [-0.2, 0) is 14.4 Å². The van der Waals surface area contributed by atoms with Crippen molar-refractivity contribution in [3.8, 4) is 0 Å². The Morgan fingerprint density at radius 2 is 1.45 bits per heavy atom. The van der Waals surface area contributed by atoms with Crippen molar-refractivity contribution in [1.29, 1.82) is 0 Å². The summed E-state index contributed by atoms with van der Waals surface area (Å²) in [7, 11) is 0. The molecule has 3 N–H and O–H groups in total. The number of carbonyl (C=O) groups is 4. The first-order valence-electron chi connectivity index (χ1n) is 8.61. The molecule has 0 aliphatic carbocycles. The van der Waals surface area contributed by atoms with Crippen LogP contribution in [0.1, 0.15) is 24.2 Å². The number of nitrogens with one attached hydrogen (secondary N) is 2. The number of anilines is 2. The Kier molecular flexibility index (Phi) is 7.73. The van der Waals surface area contributed by atoms with E-state index in [1.165, 1.54) is 25.6 Å². The fraction of sp³-hybridized carbons (Fsp3) is 0.143. The number of hydrogen-bond acceptors (Lipinski definition) is 5. The minimum Gasteiger partial charge on any atom is -0.478 e. The minimum absolute atomic E-state index is 0.0360. The fourth-order valence-electron chi connectivity index (χ4n) is 2.21. The monoisotopic (exact) mass is 412 g/mol. The van der Waals surface area contributed by atoms with Gasteiger partial charge in [-0.3, -0.25) is 14.4 Å². The van der Waals surface area contributed by atoms with Crippen molar-refractivity contribution in [2.24, 2.45) is 0 Å². The zero-order chi connectivity index (χ0) is 21.4. The largest absolute Gasteiger partial charge is 0.478 e. The van der Waals surface area contributed by atoms with E-state index in [-0.39, 0.29) is 23.0 Å². The summed E-state index contributed by atoms with van der Waals surface area (Å²) in [6.45, 7) is 2.82. The SMILES string of the molecule is CC(=O)c1ccc(NC(=O)CSc2ccc(NC(=O)/C=C(\C)C(=O)O)cc2)cc1. The molecule has 29 heavy (non-hydrogen) atoms. The average molecular weight is 412 g/mol. The maximum Gasteiger partial charge on any atom is 0.331 e. The van der Waals surface area contributed by atoms with Gasteiger partial charge in [0, 0.05) is 33.5 Å². The molecule has 8 heteroatoms. The third-order valence-corrected chi connectivity index (χ3v) is 4.76. The molecule has 0 saturated carbocycles. The second-order valence-electron chi connectivity index (χ2n) is 6.12. The number of aliphatic carboxylic acids is 1. The van der Waals surface area contributed by atoms with Gasteiger partial charge in [-0.2, -0.15) is 0 Å². The molecule has 0 bridgehead atoms. The lowest BCUT2D eigenvalue weighted by Gasteiger charge is -2.07. The zero-order valence-corrected chi connectivity index (χ0v) is 16.7. The molecular formula is C21H20N2O5S. The quantitative estimate of drug-likeness (QED) is 0.347. The number of carboxylic acids is 1. The van der Waals surface area contributed by atoms with Gasteiger partial charge in [0.15, 0.2) is 5.78 Å². The molecule has 150 valence electrons. The first-order valence-corrected chi connectivity index (χ1v) is 9.59. The summed E-state index contributed by atoms with van der Waals surface area (Å²) in [5, 5.41) is 14.1. The number of Topliss-reactive ketones (excluding diaryl/α,β-unsaturated/α-hetero) is 1. The predicted molar refractivity (Wildman–Crippen MR) is 112 cm³/mol. The molecule has 2 rings (SSSR count). The minimum atomic E-state index is -1.15. The van der Waals surface area contributed by atoms with Crippen LogP contribution in [0.2, 0.25) is 0 Å². The number of thioether (sulfide) groups is 1. The molecule has 2 aromatic rings. The van der Waals surface area contributed by atoms with Gasteiger partial charge < -0.3 is 15.7 Å². The number of carboxylic acid groups (broad SMARTS) is 1.